The molecule has 4 fully saturated rings. The van der Waals surface area contributed by atoms with Gasteiger partial charge >= 0.3 is 0 Å². The van der Waals surface area contributed by atoms with Gasteiger partial charge in [-0.3, -0.25) is 4.79 Å². The molecule has 1 amide bonds. The first kappa shape index (κ1) is 21.8. The molecule has 4 aliphatic carbocycles. The third-order valence-electron chi connectivity index (χ3n) is 7.58. The number of aromatic nitrogens is 1. The van der Waals surface area contributed by atoms with Crippen molar-refractivity contribution in [3.05, 3.63) is 36.1 Å². The predicted molar refractivity (Wildman–Crippen MR) is 124 cm³/mol. The lowest BCUT2D eigenvalue weighted by molar-refractivity contribution is -0.0124. The fraction of sp³-hybridized carbons (Fsp3) is 0.600. The Hall–Kier alpha value is -1.99. The molecule has 3 N–H and O–H groups in total. The van der Waals surface area contributed by atoms with Crippen molar-refractivity contribution in [3.63, 3.8) is 0 Å². The van der Waals surface area contributed by atoms with Crippen LogP contribution in [-0.4, -0.2) is 29.8 Å². The molecule has 4 bridgehead atoms. The van der Waals surface area contributed by atoms with Crippen molar-refractivity contribution in [3.8, 4) is 5.88 Å². The zero-order chi connectivity index (χ0) is 22.2. The number of benzene rings is 1. The molecule has 6 rings (SSSR count). The number of carbonyl (C=O) groups excluding carboxylic acids is 1. The van der Waals surface area contributed by atoms with Crippen LogP contribution in [0.2, 0.25) is 0 Å². The van der Waals surface area contributed by atoms with Gasteiger partial charge in [0.25, 0.3) is 11.8 Å². The SMILES string of the molecule is CC(C)[C@H](N)COc1noc(C(=O)NC2C3CC4CC(C3)CC2C4)c1Sc1ccccc1. The van der Waals surface area contributed by atoms with Gasteiger partial charge in [-0.15, -0.1) is 0 Å². The largest absolute Gasteiger partial charge is 0.473 e. The lowest BCUT2D eigenvalue weighted by atomic mass is 9.54. The van der Waals surface area contributed by atoms with E-state index in [0.717, 1.165) is 16.7 Å². The molecule has 0 saturated heterocycles. The van der Waals surface area contributed by atoms with E-state index in [4.69, 9.17) is 15.0 Å². The first-order valence-electron chi connectivity index (χ1n) is 11.9. The third-order valence-corrected chi connectivity index (χ3v) is 8.65. The molecule has 1 aromatic carbocycles. The molecule has 1 atom stereocenters. The Balaban J connectivity index is 1.35. The summed E-state index contributed by atoms with van der Waals surface area (Å²) in [6.45, 7) is 4.43. The van der Waals surface area contributed by atoms with Gasteiger partial charge < -0.3 is 20.3 Å². The molecule has 4 aliphatic rings. The van der Waals surface area contributed by atoms with Gasteiger partial charge in [-0.05, 0) is 79.0 Å². The third kappa shape index (κ3) is 4.42. The number of hydrogen-bond acceptors (Lipinski definition) is 6. The fourth-order valence-electron chi connectivity index (χ4n) is 5.95. The second-order valence-corrected chi connectivity index (χ2v) is 11.3. The molecule has 7 heteroatoms. The van der Waals surface area contributed by atoms with E-state index in [1.807, 2.05) is 30.3 Å². The Labute approximate surface area is 194 Å². The molecule has 2 aromatic rings. The minimum absolute atomic E-state index is 0.119. The van der Waals surface area contributed by atoms with E-state index in [1.54, 1.807) is 0 Å². The van der Waals surface area contributed by atoms with Gasteiger partial charge in [0.2, 0.25) is 5.76 Å². The van der Waals surface area contributed by atoms with Crippen molar-refractivity contribution in [2.75, 3.05) is 6.61 Å². The van der Waals surface area contributed by atoms with Crippen LogP contribution in [0, 0.1) is 29.6 Å². The minimum Gasteiger partial charge on any atom is -0.473 e. The number of ether oxygens (including phenoxy) is 1. The standard InChI is InChI=1S/C25H33N3O3S/c1-14(2)20(26)13-30-25-23(32-19-6-4-3-5-7-19)22(31-28-25)24(29)27-21-17-9-15-8-16(11-17)12-18(21)10-15/h3-7,14-18,20-21H,8-13,26H2,1-2H3,(H,27,29)/t15?,16?,17?,18?,20-,21?/m1/s1. The highest BCUT2D eigenvalue weighted by Crippen LogP contribution is 2.53. The van der Waals surface area contributed by atoms with Crippen molar-refractivity contribution < 1.29 is 14.1 Å². The second-order valence-electron chi connectivity index (χ2n) is 10.2. The zero-order valence-corrected chi connectivity index (χ0v) is 19.6. The average Bonchev–Trinajstić information content (AvgIpc) is 3.17. The molecule has 6 nitrogen and oxygen atoms in total. The van der Waals surface area contributed by atoms with Crippen molar-refractivity contribution >= 4 is 17.7 Å². The highest BCUT2D eigenvalue weighted by Gasteiger charge is 2.49. The highest BCUT2D eigenvalue weighted by atomic mass is 32.2. The molecule has 0 radical (unpaired) electrons. The molecule has 0 unspecified atom stereocenters. The average molecular weight is 456 g/mol. The summed E-state index contributed by atoms with van der Waals surface area (Å²) < 4.78 is 11.5. The van der Waals surface area contributed by atoms with Crippen molar-refractivity contribution in [1.29, 1.82) is 0 Å². The molecule has 1 heterocycles. The number of nitrogens with one attached hydrogen (secondary N) is 1. The maximum Gasteiger partial charge on any atom is 0.291 e. The highest BCUT2D eigenvalue weighted by molar-refractivity contribution is 7.99. The fourth-order valence-corrected chi connectivity index (χ4v) is 6.88. The van der Waals surface area contributed by atoms with E-state index in [1.165, 1.54) is 43.9 Å². The van der Waals surface area contributed by atoms with Gasteiger partial charge in [-0.2, -0.15) is 0 Å². The maximum atomic E-state index is 13.4. The Morgan fingerprint density at radius 1 is 1.16 bits per heavy atom. The lowest BCUT2D eigenvalue weighted by Crippen LogP contribution is -2.55. The predicted octanol–water partition coefficient (Wildman–Crippen LogP) is 4.74. The summed E-state index contributed by atoms with van der Waals surface area (Å²) in [4.78, 5) is 15.0. The molecular formula is C25H33N3O3S. The minimum atomic E-state index is -0.184. The van der Waals surface area contributed by atoms with Crippen LogP contribution in [0.25, 0.3) is 0 Å². The molecule has 172 valence electrons. The Kier molecular flexibility index (Phi) is 6.21. The molecule has 4 saturated carbocycles. The number of rotatable bonds is 8. The lowest BCUT2D eigenvalue weighted by Gasteiger charge is -2.54. The van der Waals surface area contributed by atoms with Crippen LogP contribution in [0.1, 0.15) is 56.5 Å². The monoisotopic (exact) mass is 455 g/mol. The molecule has 1 aromatic heterocycles. The molecule has 0 aliphatic heterocycles. The number of hydrogen-bond donors (Lipinski definition) is 2. The van der Waals surface area contributed by atoms with E-state index >= 15 is 0 Å². The van der Waals surface area contributed by atoms with E-state index in [9.17, 15) is 4.79 Å². The number of nitrogens with two attached hydrogens (primary N) is 1. The van der Waals surface area contributed by atoms with Crippen LogP contribution in [0.15, 0.2) is 44.6 Å². The smallest absolute Gasteiger partial charge is 0.291 e. The van der Waals surface area contributed by atoms with Crippen LogP contribution in [-0.2, 0) is 0 Å². The molecule has 0 spiro atoms. The summed E-state index contributed by atoms with van der Waals surface area (Å²) in [6.07, 6.45) is 6.40. The van der Waals surface area contributed by atoms with Crippen LogP contribution < -0.4 is 15.8 Å². The number of amides is 1. The van der Waals surface area contributed by atoms with Gasteiger partial charge in [0.15, 0.2) is 0 Å². The summed E-state index contributed by atoms with van der Waals surface area (Å²) >= 11 is 1.44. The van der Waals surface area contributed by atoms with E-state index < -0.39 is 0 Å². The van der Waals surface area contributed by atoms with Crippen LogP contribution in [0.4, 0.5) is 0 Å². The summed E-state index contributed by atoms with van der Waals surface area (Å²) in [5, 5.41) is 7.45. The normalized spacial score (nSPS) is 29.3. The van der Waals surface area contributed by atoms with Crippen molar-refractivity contribution in [2.24, 2.45) is 35.3 Å². The Morgan fingerprint density at radius 3 is 2.44 bits per heavy atom. The van der Waals surface area contributed by atoms with Gasteiger partial charge in [-0.1, -0.05) is 43.8 Å². The molecular weight excluding hydrogens is 422 g/mol. The Morgan fingerprint density at radius 2 is 1.81 bits per heavy atom. The first-order chi connectivity index (χ1) is 15.5. The zero-order valence-electron chi connectivity index (χ0n) is 18.8. The maximum absolute atomic E-state index is 13.4. The summed E-state index contributed by atoms with van der Waals surface area (Å²) in [7, 11) is 0. The van der Waals surface area contributed by atoms with Gasteiger partial charge in [0.1, 0.15) is 11.5 Å². The quantitative estimate of drug-likeness (QED) is 0.597. The first-order valence-corrected chi connectivity index (χ1v) is 12.7. The summed E-state index contributed by atoms with van der Waals surface area (Å²) in [5.74, 6) is 3.61. The van der Waals surface area contributed by atoms with Gasteiger partial charge in [-0.25, -0.2) is 0 Å². The number of carbonyl (C=O) groups is 1. The van der Waals surface area contributed by atoms with Gasteiger partial charge in [0.05, 0.1) is 0 Å². The topological polar surface area (TPSA) is 90.4 Å². The molecule has 32 heavy (non-hydrogen) atoms. The van der Waals surface area contributed by atoms with Crippen LogP contribution >= 0.6 is 11.8 Å². The van der Waals surface area contributed by atoms with Crippen molar-refractivity contribution in [1.82, 2.24) is 10.5 Å². The van der Waals surface area contributed by atoms with E-state index in [-0.39, 0.29) is 29.7 Å². The van der Waals surface area contributed by atoms with Crippen molar-refractivity contribution in [2.45, 2.75) is 67.8 Å². The second kappa shape index (κ2) is 9.10. The van der Waals surface area contributed by atoms with Crippen LogP contribution in [0.5, 0.6) is 5.88 Å². The summed E-state index contributed by atoms with van der Waals surface area (Å²) in [5.41, 5.74) is 6.15. The Bertz CT molecular complexity index is 917. The van der Waals surface area contributed by atoms with Gasteiger partial charge in [0, 0.05) is 17.0 Å². The van der Waals surface area contributed by atoms with E-state index in [2.05, 4.69) is 24.3 Å². The van der Waals surface area contributed by atoms with E-state index in [0.29, 0.717) is 29.2 Å². The number of nitrogens with zero attached hydrogens (tertiary/aromatic N) is 1. The summed E-state index contributed by atoms with van der Waals surface area (Å²) in [6, 6.07) is 10.0. The van der Waals surface area contributed by atoms with Crippen LogP contribution in [0.3, 0.4) is 0 Å².